The van der Waals surface area contributed by atoms with Crippen molar-refractivity contribution in [1.82, 2.24) is 10.2 Å². The van der Waals surface area contributed by atoms with Gasteiger partial charge in [0.15, 0.2) is 0 Å². The molecule has 2 aromatic carbocycles. The van der Waals surface area contributed by atoms with E-state index in [1.807, 2.05) is 19.1 Å². The Labute approximate surface area is 133 Å². The third-order valence-corrected chi connectivity index (χ3v) is 3.89. The summed E-state index contributed by atoms with van der Waals surface area (Å²) in [5, 5.41) is 2.75. The minimum atomic E-state index is -0.309. The lowest BCUT2D eigenvalue weighted by molar-refractivity contribution is 0.0650. The van der Waals surface area contributed by atoms with E-state index in [0.29, 0.717) is 16.7 Å². The number of fused-ring (bicyclic) bond motifs is 1. The van der Waals surface area contributed by atoms with Gasteiger partial charge in [-0.1, -0.05) is 30.3 Å². The lowest BCUT2D eigenvalue weighted by atomic mass is 10.1. The monoisotopic (exact) mass is 308 g/mol. The van der Waals surface area contributed by atoms with Gasteiger partial charge < -0.3 is 5.32 Å². The lowest BCUT2D eigenvalue weighted by Crippen LogP contribution is -2.38. The van der Waals surface area contributed by atoms with Crippen LogP contribution in [-0.2, 0) is 0 Å². The molecular formula is C18H16N2O3. The maximum absolute atomic E-state index is 12.2. The second kappa shape index (κ2) is 6.04. The third kappa shape index (κ3) is 2.73. The van der Waals surface area contributed by atoms with Gasteiger partial charge in [0.1, 0.15) is 0 Å². The zero-order chi connectivity index (χ0) is 16.4. The highest BCUT2D eigenvalue weighted by Gasteiger charge is 2.34. The Morgan fingerprint density at radius 3 is 2.13 bits per heavy atom. The molecule has 23 heavy (non-hydrogen) atoms. The molecule has 0 saturated carbocycles. The number of amides is 3. The topological polar surface area (TPSA) is 66.5 Å². The summed E-state index contributed by atoms with van der Waals surface area (Å²) in [5.41, 5.74) is 2.31. The van der Waals surface area contributed by atoms with E-state index >= 15 is 0 Å². The molecule has 3 amide bonds. The van der Waals surface area contributed by atoms with E-state index < -0.39 is 0 Å². The molecule has 0 aromatic heterocycles. The summed E-state index contributed by atoms with van der Waals surface area (Å²) in [6.07, 6.45) is 0. The van der Waals surface area contributed by atoms with E-state index in [0.717, 1.165) is 5.56 Å². The number of imide groups is 1. The first-order valence-electron chi connectivity index (χ1n) is 7.38. The van der Waals surface area contributed by atoms with Crippen LogP contribution in [0.1, 0.15) is 36.6 Å². The number of hydrogen-bond acceptors (Lipinski definition) is 3. The number of carbonyl (C=O) groups excluding carboxylic acids is 3. The minimum Gasteiger partial charge on any atom is -0.350 e. The number of carbonyl (C=O) groups is 3. The fraction of sp³-hybridized carbons (Fsp3) is 0.167. The van der Waals surface area contributed by atoms with Crippen LogP contribution in [0, 0.1) is 6.92 Å². The van der Waals surface area contributed by atoms with E-state index in [1.54, 1.807) is 36.4 Å². The van der Waals surface area contributed by atoms with Crippen LogP contribution < -0.4 is 5.32 Å². The van der Waals surface area contributed by atoms with E-state index in [-0.39, 0.29) is 30.8 Å². The standard InChI is InChI=1S/C18H16N2O3/c1-12-6-2-3-7-13(12)16(21)19-10-11-20-17(22)14-8-4-5-9-15(14)18(20)23/h2-9H,10-11H2,1H3,(H,19,21). The van der Waals surface area contributed by atoms with Crippen molar-refractivity contribution in [1.29, 1.82) is 0 Å². The highest BCUT2D eigenvalue weighted by atomic mass is 16.2. The third-order valence-electron chi connectivity index (χ3n) is 3.89. The van der Waals surface area contributed by atoms with Gasteiger partial charge in [-0.25, -0.2) is 0 Å². The minimum absolute atomic E-state index is 0.157. The van der Waals surface area contributed by atoms with Crippen molar-refractivity contribution in [3.05, 3.63) is 70.8 Å². The number of benzene rings is 2. The van der Waals surface area contributed by atoms with Crippen molar-refractivity contribution >= 4 is 17.7 Å². The van der Waals surface area contributed by atoms with Gasteiger partial charge in [0.05, 0.1) is 11.1 Å². The molecule has 1 heterocycles. The Kier molecular flexibility index (Phi) is 3.93. The highest BCUT2D eigenvalue weighted by Crippen LogP contribution is 2.21. The molecule has 0 fully saturated rings. The predicted molar refractivity (Wildman–Crippen MR) is 85.3 cm³/mol. The lowest BCUT2D eigenvalue weighted by Gasteiger charge is -2.14. The van der Waals surface area contributed by atoms with Crippen LogP contribution in [-0.4, -0.2) is 35.7 Å². The summed E-state index contributed by atoms with van der Waals surface area (Å²) < 4.78 is 0. The van der Waals surface area contributed by atoms with Gasteiger partial charge in [-0.15, -0.1) is 0 Å². The van der Waals surface area contributed by atoms with Crippen molar-refractivity contribution in [2.75, 3.05) is 13.1 Å². The Balaban J connectivity index is 1.62. The second-order valence-corrected chi connectivity index (χ2v) is 5.38. The number of nitrogens with zero attached hydrogens (tertiary/aromatic N) is 1. The average molecular weight is 308 g/mol. The van der Waals surface area contributed by atoms with Gasteiger partial charge in [-0.05, 0) is 30.7 Å². The quantitative estimate of drug-likeness (QED) is 0.879. The van der Waals surface area contributed by atoms with Gasteiger partial charge in [-0.3, -0.25) is 19.3 Å². The molecule has 0 unspecified atom stereocenters. The zero-order valence-corrected chi connectivity index (χ0v) is 12.7. The van der Waals surface area contributed by atoms with Crippen molar-refractivity contribution in [3.8, 4) is 0 Å². The van der Waals surface area contributed by atoms with Gasteiger partial charge in [0.2, 0.25) is 0 Å². The molecule has 0 atom stereocenters. The van der Waals surface area contributed by atoms with E-state index in [9.17, 15) is 14.4 Å². The number of aryl methyl sites for hydroxylation is 1. The van der Waals surface area contributed by atoms with Crippen LogP contribution in [0.15, 0.2) is 48.5 Å². The maximum atomic E-state index is 12.2. The molecule has 5 heteroatoms. The van der Waals surface area contributed by atoms with Crippen LogP contribution in [0.2, 0.25) is 0 Å². The first kappa shape index (κ1) is 15.0. The molecule has 5 nitrogen and oxygen atoms in total. The molecule has 1 N–H and O–H groups in total. The summed E-state index contributed by atoms with van der Waals surface area (Å²) in [6, 6.07) is 14.0. The molecular weight excluding hydrogens is 292 g/mol. The number of rotatable bonds is 4. The van der Waals surface area contributed by atoms with Crippen molar-refractivity contribution in [2.45, 2.75) is 6.92 Å². The van der Waals surface area contributed by atoms with Crippen LogP contribution in [0.25, 0.3) is 0 Å². The molecule has 0 spiro atoms. The van der Waals surface area contributed by atoms with Crippen molar-refractivity contribution in [3.63, 3.8) is 0 Å². The van der Waals surface area contributed by atoms with Crippen molar-refractivity contribution in [2.24, 2.45) is 0 Å². The van der Waals surface area contributed by atoms with E-state index in [4.69, 9.17) is 0 Å². The molecule has 0 bridgehead atoms. The molecule has 116 valence electrons. The SMILES string of the molecule is Cc1ccccc1C(=O)NCCN1C(=O)c2ccccc2C1=O. The van der Waals surface area contributed by atoms with Crippen LogP contribution in [0.4, 0.5) is 0 Å². The first-order valence-corrected chi connectivity index (χ1v) is 7.38. The highest BCUT2D eigenvalue weighted by molar-refractivity contribution is 6.21. The van der Waals surface area contributed by atoms with Gasteiger partial charge in [0, 0.05) is 18.7 Å². The molecule has 3 rings (SSSR count). The van der Waals surface area contributed by atoms with E-state index in [1.165, 1.54) is 4.90 Å². The Morgan fingerprint density at radius 1 is 0.957 bits per heavy atom. The summed E-state index contributed by atoms with van der Waals surface area (Å²) in [5.74, 6) is -0.828. The fourth-order valence-corrected chi connectivity index (χ4v) is 2.65. The van der Waals surface area contributed by atoms with Gasteiger partial charge in [0.25, 0.3) is 17.7 Å². The summed E-state index contributed by atoms with van der Waals surface area (Å²) in [4.78, 5) is 37.7. The number of nitrogens with one attached hydrogen (secondary N) is 1. The summed E-state index contributed by atoms with van der Waals surface area (Å²) in [7, 11) is 0. The fourth-order valence-electron chi connectivity index (χ4n) is 2.65. The van der Waals surface area contributed by atoms with Crippen molar-refractivity contribution < 1.29 is 14.4 Å². The molecule has 1 aliphatic heterocycles. The Hall–Kier alpha value is -2.95. The maximum Gasteiger partial charge on any atom is 0.261 e. The molecule has 1 aliphatic rings. The molecule has 2 aromatic rings. The van der Waals surface area contributed by atoms with Crippen LogP contribution >= 0.6 is 0 Å². The van der Waals surface area contributed by atoms with Gasteiger partial charge in [-0.2, -0.15) is 0 Å². The normalized spacial score (nSPS) is 13.2. The summed E-state index contributed by atoms with van der Waals surface area (Å²) in [6.45, 7) is 2.24. The zero-order valence-electron chi connectivity index (χ0n) is 12.7. The smallest absolute Gasteiger partial charge is 0.261 e. The van der Waals surface area contributed by atoms with Gasteiger partial charge >= 0.3 is 0 Å². The second-order valence-electron chi connectivity index (χ2n) is 5.38. The largest absolute Gasteiger partial charge is 0.350 e. The Morgan fingerprint density at radius 2 is 1.52 bits per heavy atom. The summed E-state index contributed by atoms with van der Waals surface area (Å²) >= 11 is 0. The Bertz CT molecular complexity index is 763. The molecule has 0 radical (unpaired) electrons. The number of hydrogen-bond donors (Lipinski definition) is 1. The average Bonchev–Trinajstić information content (AvgIpc) is 2.80. The first-order chi connectivity index (χ1) is 11.1. The molecule has 0 aliphatic carbocycles. The van der Waals surface area contributed by atoms with Crippen LogP contribution in [0.3, 0.4) is 0 Å². The molecule has 0 saturated heterocycles. The predicted octanol–water partition coefficient (Wildman–Crippen LogP) is 2.02. The van der Waals surface area contributed by atoms with E-state index in [2.05, 4.69) is 5.32 Å². The van der Waals surface area contributed by atoms with Crippen LogP contribution in [0.5, 0.6) is 0 Å².